The van der Waals surface area contributed by atoms with E-state index in [0.29, 0.717) is 54.9 Å². The number of carbonyl (C=O) groups is 2. The maximum atomic E-state index is 12.7. The van der Waals surface area contributed by atoms with Crippen molar-refractivity contribution in [3.05, 3.63) is 52.9 Å². The van der Waals surface area contributed by atoms with E-state index in [1.165, 1.54) is 12.5 Å². The molecule has 1 aliphatic rings. The number of carbonyl (C=O) groups excluding carboxylic acids is 2. The molecule has 9 nitrogen and oxygen atoms in total. The first-order chi connectivity index (χ1) is 15.5. The number of rotatable bonds is 6. The number of furan rings is 1. The molecule has 32 heavy (non-hydrogen) atoms. The van der Waals surface area contributed by atoms with Gasteiger partial charge in [0.25, 0.3) is 5.91 Å². The van der Waals surface area contributed by atoms with Gasteiger partial charge in [-0.05, 0) is 51.7 Å². The molecule has 0 radical (unpaired) electrons. The molecule has 3 aromatic heterocycles. The zero-order valence-electron chi connectivity index (χ0n) is 18.3. The maximum absolute atomic E-state index is 12.7. The molecule has 1 unspecified atom stereocenters. The van der Waals surface area contributed by atoms with E-state index < -0.39 is 0 Å². The van der Waals surface area contributed by atoms with Crippen LogP contribution in [0.1, 0.15) is 52.3 Å². The molecule has 1 fully saturated rings. The number of likely N-dealkylation sites (tertiary alicyclic amines) is 1. The van der Waals surface area contributed by atoms with Crippen LogP contribution < -0.4 is 5.32 Å². The fraction of sp³-hybridized carbons (Fsp3) is 0.435. The van der Waals surface area contributed by atoms with E-state index in [2.05, 4.69) is 21.5 Å². The molecule has 166 valence electrons. The number of nitrogens with zero attached hydrogens (tertiary/aromatic N) is 5. The highest BCUT2D eigenvalue weighted by Crippen LogP contribution is 2.20. The van der Waals surface area contributed by atoms with Gasteiger partial charge in [0.1, 0.15) is 17.9 Å². The lowest BCUT2D eigenvalue weighted by Gasteiger charge is -2.31. The van der Waals surface area contributed by atoms with Gasteiger partial charge in [0.15, 0.2) is 5.65 Å². The van der Waals surface area contributed by atoms with Crippen LogP contribution in [-0.2, 0) is 11.2 Å². The summed E-state index contributed by atoms with van der Waals surface area (Å²) in [6.07, 6.45) is 5.68. The van der Waals surface area contributed by atoms with Gasteiger partial charge in [-0.25, -0.2) is 9.50 Å². The minimum Gasteiger partial charge on any atom is -0.472 e. The van der Waals surface area contributed by atoms with Crippen LogP contribution in [-0.4, -0.2) is 50.9 Å². The van der Waals surface area contributed by atoms with Crippen molar-refractivity contribution in [2.45, 2.75) is 39.5 Å². The summed E-state index contributed by atoms with van der Waals surface area (Å²) < 4.78 is 6.69. The molecule has 0 aliphatic carbocycles. The SMILES string of the molecule is Cc1cc(C)n2nc(CCCNC(=O)C3CCCN(C(=O)c4ccoc4)C3)c(C#N)c2n1. The highest BCUT2D eigenvalue weighted by molar-refractivity contribution is 5.94. The summed E-state index contributed by atoms with van der Waals surface area (Å²) >= 11 is 0. The number of nitrogens with one attached hydrogen (secondary N) is 1. The lowest BCUT2D eigenvalue weighted by atomic mass is 9.96. The standard InChI is InChI=1S/C23H26N6O3/c1-15-11-16(2)29-21(26-15)19(12-24)20(27-29)6-3-8-25-22(30)17-5-4-9-28(13-17)23(31)18-7-10-32-14-18/h7,10-11,14,17H,3-6,8-9,13H2,1-2H3,(H,25,30). The van der Waals surface area contributed by atoms with Crippen LogP contribution in [0.2, 0.25) is 0 Å². The van der Waals surface area contributed by atoms with Gasteiger partial charge in [0.05, 0.1) is 23.4 Å². The zero-order valence-corrected chi connectivity index (χ0v) is 18.3. The van der Waals surface area contributed by atoms with Crippen LogP contribution in [0, 0.1) is 31.1 Å². The summed E-state index contributed by atoms with van der Waals surface area (Å²) in [6.45, 7) is 5.36. The lowest BCUT2D eigenvalue weighted by molar-refractivity contribution is -0.126. The van der Waals surface area contributed by atoms with Crippen molar-refractivity contribution in [3.63, 3.8) is 0 Å². The van der Waals surface area contributed by atoms with Crippen molar-refractivity contribution in [2.75, 3.05) is 19.6 Å². The Hall–Kier alpha value is -3.67. The molecule has 1 N–H and O–H groups in total. The van der Waals surface area contributed by atoms with Gasteiger partial charge in [-0.2, -0.15) is 10.4 Å². The Morgan fingerprint density at radius 1 is 1.38 bits per heavy atom. The highest BCUT2D eigenvalue weighted by atomic mass is 16.3. The summed E-state index contributed by atoms with van der Waals surface area (Å²) in [7, 11) is 0. The van der Waals surface area contributed by atoms with E-state index >= 15 is 0 Å². The van der Waals surface area contributed by atoms with E-state index in [0.717, 1.165) is 24.2 Å². The van der Waals surface area contributed by atoms with Gasteiger partial charge >= 0.3 is 0 Å². The van der Waals surface area contributed by atoms with Crippen LogP contribution in [0.25, 0.3) is 5.65 Å². The van der Waals surface area contributed by atoms with Crippen LogP contribution in [0.4, 0.5) is 0 Å². The number of hydrogen-bond acceptors (Lipinski definition) is 6. The Kier molecular flexibility index (Phi) is 6.21. The van der Waals surface area contributed by atoms with Gasteiger partial charge < -0.3 is 14.6 Å². The normalized spacial score (nSPS) is 16.2. The minimum absolute atomic E-state index is 0.0432. The average molecular weight is 435 g/mol. The number of fused-ring (bicyclic) bond motifs is 1. The summed E-state index contributed by atoms with van der Waals surface area (Å²) in [6, 6.07) is 5.79. The molecule has 0 aromatic carbocycles. The molecule has 3 aromatic rings. The van der Waals surface area contributed by atoms with E-state index in [4.69, 9.17) is 4.42 Å². The molecule has 0 bridgehead atoms. The van der Waals surface area contributed by atoms with Crippen molar-refractivity contribution < 1.29 is 14.0 Å². The molecule has 2 amide bonds. The summed E-state index contributed by atoms with van der Waals surface area (Å²) in [5, 5.41) is 17.1. The second kappa shape index (κ2) is 9.22. The van der Waals surface area contributed by atoms with Crippen molar-refractivity contribution in [2.24, 2.45) is 5.92 Å². The predicted molar refractivity (Wildman–Crippen MR) is 116 cm³/mol. The van der Waals surface area contributed by atoms with Gasteiger partial charge in [0, 0.05) is 31.0 Å². The fourth-order valence-corrected chi connectivity index (χ4v) is 4.21. The molecular weight excluding hydrogens is 408 g/mol. The molecule has 0 spiro atoms. The Balaban J connectivity index is 1.31. The number of piperidine rings is 1. The monoisotopic (exact) mass is 434 g/mol. The Morgan fingerprint density at radius 3 is 2.97 bits per heavy atom. The average Bonchev–Trinajstić information content (AvgIpc) is 3.44. The molecule has 4 heterocycles. The lowest BCUT2D eigenvalue weighted by Crippen LogP contribution is -2.45. The number of aromatic nitrogens is 3. The van der Waals surface area contributed by atoms with Gasteiger partial charge in [-0.3, -0.25) is 9.59 Å². The molecule has 0 saturated carbocycles. The first-order valence-corrected chi connectivity index (χ1v) is 10.8. The van der Waals surface area contributed by atoms with E-state index in [1.54, 1.807) is 15.5 Å². The largest absolute Gasteiger partial charge is 0.472 e. The predicted octanol–water partition coefficient (Wildman–Crippen LogP) is 2.41. The van der Waals surface area contributed by atoms with E-state index in [-0.39, 0.29) is 17.7 Å². The quantitative estimate of drug-likeness (QED) is 0.596. The van der Waals surface area contributed by atoms with Gasteiger partial charge in [-0.15, -0.1) is 0 Å². The summed E-state index contributed by atoms with van der Waals surface area (Å²) in [5.74, 6) is -0.371. The van der Waals surface area contributed by atoms with Crippen molar-refractivity contribution in [3.8, 4) is 6.07 Å². The van der Waals surface area contributed by atoms with Gasteiger partial charge in [0.2, 0.25) is 5.91 Å². The van der Waals surface area contributed by atoms with E-state index in [1.807, 2.05) is 19.9 Å². The topological polar surface area (TPSA) is 117 Å². The second-order valence-corrected chi connectivity index (χ2v) is 8.20. The van der Waals surface area contributed by atoms with Crippen LogP contribution >= 0.6 is 0 Å². The van der Waals surface area contributed by atoms with E-state index in [9.17, 15) is 14.9 Å². The molecular formula is C23H26N6O3. The van der Waals surface area contributed by atoms with Crippen molar-refractivity contribution in [1.29, 1.82) is 5.26 Å². The third-order valence-corrected chi connectivity index (χ3v) is 5.82. The molecule has 9 heteroatoms. The number of hydrogen-bond donors (Lipinski definition) is 1. The summed E-state index contributed by atoms with van der Waals surface area (Å²) in [4.78, 5) is 31.3. The number of nitriles is 1. The minimum atomic E-state index is -0.223. The summed E-state index contributed by atoms with van der Waals surface area (Å²) in [5.41, 5.74) is 4.04. The number of amides is 2. The highest BCUT2D eigenvalue weighted by Gasteiger charge is 2.29. The van der Waals surface area contributed by atoms with Crippen molar-refractivity contribution >= 4 is 17.5 Å². The van der Waals surface area contributed by atoms with Crippen LogP contribution in [0.3, 0.4) is 0 Å². The van der Waals surface area contributed by atoms with Crippen LogP contribution in [0.5, 0.6) is 0 Å². The fourth-order valence-electron chi connectivity index (χ4n) is 4.21. The molecule has 4 rings (SSSR count). The van der Waals surface area contributed by atoms with Crippen LogP contribution in [0.15, 0.2) is 29.1 Å². The molecule has 1 aliphatic heterocycles. The number of aryl methyl sites for hydroxylation is 3. The Morgan fingerprint density at radius 2 is 2.22 bits per heavy atom. The second-order valence-electron chi connectivity index (χ2n) is 8.20. The van der Waals surface area contributed by atoms with Gasteiger partial charge in [-0.1, -0.05) is 0 Å². The maximum Gasteiger partial charge on any atom is 0.257 e. The third-order valence-electron chi connectivity index (χ3n) is 5.82. The first kappa shape index (κ1) is 21.6. The zero-order chi connectivity index (χ0) is 22.7. The Labute approximate surface area is 186 Å². The smallest absolute Gasteiger partial charge is 0.257 e. The third kappa shape index (κ3) is 4.35. The Bertz CT molecular complexity index is 1170. The molecule has 1 atom stereocenters. The molecule has 1 saturated heterocycles. The first-order valence-electron chi connectivity index (χ1n) is 10.8. The van der Waals surface area contributed by atoms with Crippen molar-refractivity contribution in [1.82, 2.24) is 24.8 Å².